The van der Waals surface area contributed by atoms with Gasteiger partial charge < -0.3 is 10.2 Å². The van der Waals surface area contributed by atoms with Gasteiger partial charge in [-0.1, -0.05) is 42.5 Å². The number of likely N-dealkylation sites (N-methyl/N-ethyl adjacent to an activating group) is 1. The normalized spacial score (nSPS) is 19.5. The molecule has 3 rings (SSSR count). The van der Waals surface area contributed by atoms with Crippen LogP contribution in [0.15, 0.2) is 54.6 Å². The predicted molar refractivity (Wildman–Crippen MR) is 109 cm³/mol. The number of carbonyl (C=O) groups is 3. The number of rotatable bonds is 8. The van der Waals surface area contributed by atoms with Crippen LogP contribution in [0.3, 0.4) is 0 Å². The minimum atomic E-state index is -1.08. The molecule has 7 nitrogen and oxygen atoms in total. The Kier molecular flexibility index (Phi) is 6.47. The third-order valence-corrected chi connectivity index (χ3v) is 5.14. The van der Waals surface area contributed by atoms with Gasteiger partial charge in [0.2, 0.25) is 0 Å². The van der Waals surface area contributed by atoms with Crippen molar-refractivity contribution >= 4 is 17.8 Å². The fraction of sp³-hybridized carbons (Fsp3) is 0.318. The van der Waals surface area contributed by atoms with Crippen molar-refractivity contribution < 1.29 is 23.7 Å². The average Bonchev–Trinajstić information content (AvgIpc) is 2.92. The monoisotopic (exact) mass is 413 g/mol. The van der Waals surface area contributed by atoms with E-state index in [0.29, 0.717) is 19.4 Å². The highest BCUT2D eigenvalue weighted by Gasteiger charge is 2.48. The molecule has 0 bridgehead atoms. The predicted octanol–water partition coefficient (Wildman–Crippen LogP) is 0.815. The molecule has 0 aromatic heterocycles. The highest BCUT2D eigenvalue weighted by Crippen LogP contribution is 2.22. The molecule has 8 heteroatoms. The van der Waals surface area contributed by atoms with Crippen LogP contribution in [0.25, 0.3) is 0 Å². The Morgan fingerprint density at radius 1 is 1.10 bits per heavy atom. The van der Waals surface area contributed by atoms with Gasteiger partial charge in [0.1, 0.15) is 17.9 Å². The van der Waals surface area contributed by atoms with E-state index >= 15 is 0 Å². The number of urea groups is 1. The highest BCUT2D eigenvalue weighted by atomic mass is 19.1. The molecule has 2 atom stereocenters. The molecule has 0 saturated carbocycles. The molecular formula is C22H26FN4O3+. The second-order valence-electron chi connectivity index (χ2n) is 7.86. The first kappa shape index (κ1) is 21.4. The van der Waals surface area contributed by atoms with Crippen LogP contribution in [0.5, 0.6) is 0 Å². The molecule has 1 unspecified atom stereocenters. The maximum absolute atomic E-state index is 13.0. The standard InChI is InChI=1S/C22H25FN4O3/c1-22(13-12-16-6-4-3-5-7-16)20(29)27(21(30)24-22)25-19(28)15-26(2)14-17-8-10-18(23)11-9-17/h3-11H,12-15H2,1-2H3,(H,24,30)(H,25,28)/p+1/t22-/m1/s1. The topological polar surface area (TPSA) is 82.9 Å². The summed E-state index contributed by atoms with van der Waals surface area (Å²) in [5.41, 5.74) is 3.28. The molecule has 30 heavy (non-hydrogen) atoms. The number of nitrogens with one attached hydrogen (secondary N) is 3. The molecule has 1 aliphatic heterocycles. The number of benzene rings is 2. The van der Waals surface area contributed by atoms with Gasteiger partial charge in [0.05, 0.1) is 7.05 Å². The zero-order valence-corrected chi connectivity index (χ0v) is 17.1. The molecule has 1 heterocycles. The van der Waals surface area contributed by atoms with Crippen molar-refractivity contribution in [1.82, 2.24) is 15.8 Å². The summed E-state index contributed by atoms with van der Waals surface area (Å²) in [5, 5.41) is 3.45. The van der Waals surface area contributed by atoms with Gasteiger partial charge in [0.25, 0.3) is 11.8 Å². The fourth-order valence-corrected chi connectivity index (χ4v) is 3.45. The lowest BCUT2D eigenvalue weighted by molar-refractivity contribution is -0.885. The quantitative estimate of drug-likeness (QED) is 0.561. The summed E-state index contributed by atoms with van der Waals surface area (Å²) < 4.78 is 13.0. The summed E-state index contributed by atoms with van der Waals surface area (Å²) in [7, 11) is 1.80. The average molecular weight is 413 g/mol. The fourth-order valence-electron chi connectivity index (χ4n) is 3.45. The molecule has 1 saturated heterocycles. The molecular weight excluding hydrogens is 387 g/mol. The molecule has 0 radical (unpaired) electrons. The van der Waals surface area contributed by atoms with Gasteiger partial charge in [-0.2, -0.15) is 5.01 Å². The number of carbonyl (C=O) groups excluding carboxylic acids is 3. The van der Waals surface area contributed by atoms with Crippen LogP contribution in [0.1, 0.15) is 24.5 Å². The summed E-state index contributed by atoms with van der Waals surface area (Å²) in [6.07, 6.45) is 1.04. The van der Waals surface area contributed by atoms with Crippen molar-refractivity contribution in [3.05, 3.63) is 71.5 Å². The first-order valence-electron chi connectivity index (χ1n) is 9.83. The maximum atomic E-state index is 13.0. The largest absolute Gasteiger partial charge is 0.344 e. The number of nitrogens with zero attached hydrogens (tertiary/aromatic N) is 1. The van der Waals surface area contributed by atoms with Crippen LogP contribution in [0, 0.1) is 5.82 Å². The third kappa shape index (κ3) is 5.21. The summed E-state index contributed by atoms with van der Waals surface area (Å²) in [5.74, 6) is -1.25. The van der Waals surface area contributed by atoms with Crippen molar-refractivity contribution in [2.45, 2.75) is 31.8 Å². The van der Waals surface area contributed by atoms with Crippen molar-refractivity contribution in [1.29, 1.82) is 0 Å². The smallest absolute Gasteiger partial charge is 0.326 e. The van der Waals surface area contributed by atoms with Gasteiger partial charge in [0, 0.05) is 5.56 Å². The van der Waals surface area contributed by atoms with E-state index in [0.717, 1.165) is 21.0 Å². The van der Waals surface area contributed by atoms with Gasteiger partial charge in [0.15, 0.2) is 6.54 Å². The Morgan fingerprint density at radius 3 is 2.43 bits per heavy atom. The van der Waals surface area contributed by atoms with Crippen molar-refractivity contribution in [2.24, 2.45) is 0 Å². The maximum Gasteiger partial charge on any atom is 0.344 e. The van der Waals surface area contributed by atoms with Gasteiger partial charge in [-0.3, -0.25) is 15.0 Å². The van der Waals surface area contributed by atoms with Crippen LogP contribution < -0.4 is 15.6 Å². The Labute approximate surface area is 174 Å². The van der Waals surface area contributed by atoms with Crippen LogP contribution in [-0.2, 0) is 22.6 Å². The second-order valence-corrected chi connectivity index (χ2v) is 7.86. The zero-order chi connectivity index (χ0) is 21.7. The van der Waals surface area contributed by atoms with E-state index in [9.17, 15) is 18.8 Å². The molecule has 2 aromatic rings. The number of hydrogen-bond donors (Lipinski definition) is 3. The molecule has 4 amide bonds. The Morgan fingerprint density at radius 2 is 1.77 bits per heavy atom. The molecule has 158 valence electrons. The van der Waals surface area contributed by atoms with Gasteiger partial charge in [-0.05, 0) is 37.5 Å². The van der Waals surface area contributed by atoms with Crippen LogP contribution in [0.2, 0.25) is 0 Å². The molecule has 3 N–H and O–H groups in total. The first-order chi connectivity index (χ1) is 14.3. The number of imide groups is 1. The minimum Gasteiger partial charge on any atom is -0.326 e. The van der Waals surface area contributed by atoms with Gasteiger partial charge in [-0.25, -0.2) is 9.18 Å². The van der Waals surface area contributed by atoms with Gasteiger partial charge >= 0.3 is 6.03 Å². The number of hydrogen-bond acceptors (Lipinski definition) is 3. The third-order valence-electron chi connectivity index (χ3n) is 5.14. The Balaban J connectivity index is 1.53. The van der Waals surface area contributed by atoms with E-state index < -0.39 is 23.4 Å². The van der Waals surface area contributed by atoms with Crippen molar-refractivity contribution in [3.63, 3.8) is 0 Å². The molecule has 1 fully saturated rings. The highest BCUT2D eigenvalue weighted by molar-refractivity contribution is 6.07. The molecule has 1 aliphatic rings. The van der Waals surface area contributed by atoms with E-state index in [4.69, 9.17) is 0 Å². The lowest BCUT2D eigenvalue weighted by Gasteiger charge is -2.22. The van der Waals surface area contributed by atoms with E-state index in [1.165, 1.54) is 12.1 Å². The lowest BCUT2D eigenvalue weighted by atomic mass is 9.93. The number of amides is 4. The van der Waals surface area contributed by atoms with Gasteiger partial charge in [-0.15, -0.1) is 0 Å². The molecule has 0 aliphatic carbocycles. The number of quaternary nitrogens is 1. The lowest BCUT2D eigenvalue weighted by Crippen LogP contribution is -3.09. The Hall–Kier alpha value is -3.26. The Bertz CT molecular complexity index is 920. The molecule has 0 spiro atoms. The summed E-state index contributed by atoms with van der Waals surface area (Å²) in [6.45, 7) is 2.21. The van der Waals surface area contributed by atoms with E-state index in [2.05, 4.69) is 10.7 Å². The summed E-state index contributed by atoms with van der Waals surface area (Å²) in [6, 6.07) is 15.1. The van der Waals surface area contributed by atoms with E-state index in [-0.39, 0.29) is 12.4 Å². The summed E-state index contributed by atoms with van der Waals surface area (Å²) in [4.78, 5) is 38.3. The van der Waals surface area contributed by atoms with Crippen LogP contribution in [-0.4, -0.2) is 42.0 Å². The van der Waals surface area contributed by atoms with E-state index in [1.54, 1.807) is 26.1 Å². The second kappa shape index (κ2) is 9.04. The SMILES string of the molecule is C[NH+](CC(=O)NN1C(=O)N[C@](C)(CCc2ccccc2)C1=O)Cc1ccc(F)cc1. The van der Waals surface area contributed by atoms with E-state index in [1.807, 2.05) is 30.3 Å². The number of hydrazine groups is 1. The van der Waals surface area contributed by atoms with Crippen LogP contribution in [0.4, 0.5) is 9.18 Å². The van der Waals surface area contributed by atoms with Crippen LogP contribution >= 0.6 is 0 Å². The minimum absolute atomic E-state index is 0.0508. The summed E-state index contributed by atoms with van der Waals surface area (Å²) >= 11 is 0. The first-order valence-corrected chi connectivity index (χ1v) is 9.83. The van der Waals surface area contributed by atoms with Crippen molar-refractivity contribution in [2.75, 3.05) is 13.6 Å². The number of aryl methyl sites for hydroxylation is 1. The molecule has 2 aromatic carbocycles. The van der Waals surface area contributed by atoms with Crippen molar-refractivity contribution in [3.8, 4) is 0 Å². The number of halogens is 1. The zero-order valence-electron chi connectivity index (χ0n) is 17.1.